The Hall–Kier alpha value is -3.54. The maximum absolute atomic E-state index is 12.9. The van der Waals surface area contributed by atoms with Crippen molar-refractivity contribution in [1.29, 1.82) is 0 Å². The van der Waals surface area contributed by atoms with Gasteiger partial charge in [0.25, 0.3) is 11.8 Å². The lowest BCUT2D eigenvalue weighted by Crippen LogP contribution is -2.17. The minimum Gasteiger partial charge on any atom is -0.322 e. The third kappa shape index (κ3) is 4.30. The number of nitrogens with zero attached hydrogens (tertiary/aromatic N) is 1. The summed E-state index contributed by atoms with van der Waals surface area (Å²) in [5.41, 5.74) is 2.58. The van der Waals surface area contributed by atoms with Gasteiger partial charge in [-0.15, -0.1) is 0 Å². The number of hydrogen-bond acceptors (Lipinski definition) is 3. The molecule has 2 aromatic carbocycles. The summed E-state index contributed by atoms with van der Waals surface area (Å²) in [6, 6.07) is 15.7. The summed E-state index contributed by atoms with van der Waals surface area (Å²) in [7, 11) is 0. The first-order valence-corrected chi connectivity index (χ1v) is 7.92. The van der Waals surface area contributed by atoms with E-state index in [4.69, 9.17) is 0 Å². The molecule has 0 unspecified atom stereocenters. The number of halogens is 1. The molecule has 0 aliphatic heterocycles. The number of hydrogen-bond donors (Lipinski definition) is 2. The largest absolute Gasteiger partial charge is 0.322 e. The van der Waals surface area contributed by atoms with Crippen LogP contribution in [0.4, 0.5) is 15.8 Å². The van der Waals surface area contributed by atoms with Crippen LogP contribution in [0.1, 0.15) is 26.4 Å². The average Bonchev–Trinajstić information content (AvgIpc) is 2.65. The molecule has 1 heterocycles. The number of anilines is 2. The first-order chi connectivity index (χ1) is 12.5. The van der Waals surface area contributed by atoms with Crippen molar-refractivity contribution in [3.8, 4) is 0 Å². The normalized spacial score (nSPS) is 10.2. The number of aromatic nitrogens is 1. The summed E-state index contributed by atoms with van der Waals surface area (Å²) >= 11 is 0. The van der Waals surface area contributed by atoms with Gasteiger partial charge in [0, 0.05) is 23.1 Å². The third-order valence-electron chi connectivity index (χ3n) is 3.67. The average molecular weight is 349 g/mol. The molecule has 0 bridgehead atoms. The number of carbonyl (C=O) groups is 2. The summed E-state index contributed by atoms with van der Waals surface area (Å²) in [4.78, 5) is 28.6. The van der Waals surface area contributed by atoms with E-state index < -0.39 is 11.8 Å². The van der Waals surface area contributed by atoms with E-state index in [1.165, 1.54) is 42.6 Å². The number of nitrogens with one attached hydrogen (secondary N) is 2. The Kier molecular flexibility index (Phi) is 5.03. The minimum atomic E-state index is -0.414. The van der Waals surface area contributed by atoms with Crippen molar-refractivity contribution in [3.63, 3.8) is 0 Å². The van der Waals surface area contributed by atoms with Crippen LogP contribution in [0.5, 0.6) is 0 Å². The van der Waals surface area contributed by atoms with Crippen LogP contribution in [0, 0.1) is 12.7 Å². The smallest absolute Gasteiger partial charge is 0.274 e. The van der Waals surface area contributed by atoms with Gasteiger partial charge in [-0.25, -0.2) is 4.39 Å². The van der Waals surface area contributed by atoms with Crippen molar-refractivity contribution in [2.75, 3.05) is 10.6 Å². The van der Waals surface area contributed by atoms with Crippen LogP contribution in [0.15, 0.2) is 66.9 Å². The first-order valence-electron chi connectivity index (χ1n) is 7.92. The van der Waals surface area contributed by atoms with E-state index >= 15 is 0 Å². The van der Waals surface area contributed by atoms with Gasteiger partial charge in [0.05, 0.1) is 0 Å². The number of carbonyl (C=O) groups excluding carboxylic acids is 2. The maximum atomic E-state index is 12.9. The molecule has 0 spiro atoms. The van der Waals surface area contributed by atoms with Crippen LogP contribution in [0.3, 0.4) is 0 Å². The highest BCUT2D eigenvalue weighted by molar-refractivity contribution is 6.07. The lowest BCUT2D eigenvalue weighted by molar-refractivity contribution is 0.102. The molecule has 26 heavy (non-hydrogen) atoms. The molecule has 0 fully saturated rings. The quantitative estimate of drug-likeness (QED) is 0.747. The highest BCUT2D eigenvalue weighted by Gasteiger charge is 2.12. The zero-order valence-electron chi connectivity index (χ0n) is 14.0. The summed E-state index contributed by atoms with van der Waals surface area (Å²) in [5.74, 6) is -1.21. The van der Waals surface area contributed by atoms with Crippen molar-refractivity contribution < 1.29 is 14.0 Å². The van der Waals surface area contributed by atoms with Gasteiger partial charge >= 0.3 is 0 Å². The molecule has 0 aliphatic carbocycles. The molecular weight excluding hydrogens is 333 g/mol. The Bertz CT molecular complexity index is 863. The number of pyridine rings is 1. The van der Waals surface area contributed by atoms with Crippen LogP contribution in [-0.2, 0) is 0 Å². The SMILES string of the molecule is Cc1ccc(NC(=O)c2cc(C(=O)Nc3ccc(F)cc3)ccn2)cc1. The molecule has 0 atom stereocenters. The van der Waals surface area contributed by atoms with Crippen LogP contribution in [0.2, 0.25) is 0 Å². The Morgan fingerprint density at radius 2 is 1.42 bits per heavy atom. The van der Waals surface area contributed by atoms with E-state index in [0.717, 1.165) is 5.56 Å². The lowest BCUT2D eigenvalue weighted by atomic mass is 10.2. The molecule has 5 nitrogen and oxygen atoms in total. The van der Waals surface area contributed by atoms with Crippen molar-refractivity contribution in [3.05, 3.63) is 89.5 Å². The van der Waals surface area contributed by atoms with Crippen molar-refractivity contribution in [1.82, 2.24) is 4.98 Å². The van der Waals surface area contributed by atoms with Gasteiger partial charge in [-0.05, 0) is 55.5 Å². The Morgan fingerprint density at radius 1 is 0.846 bits per heavy atom. The van der Waals surface area contributed by atoms with Gasteiger partial charge in [0.1, 0.15) is 11.5 Å². The predicted molar refractivity (Wildman–Crippen MR) is 97.7 cm³/mol. The fraction of sp³-hybridized carbons (Fsp3) is 0.0500. The second-order valence-corrected chi connectivity index (χ2v) is 5.71. The lowest BCUT2D eigenvalue weighted by Gasteiger charge is -2.08. The topological polar surface area (TPSA) is 71.1 Å². The molecular formula is C20H16FN3O2. The molecule has 0 saturated carbocycles. The van der Waals surface area contributed by atoms with Gasteiger partial charge < -0.3 is 10.6 Å². The van der Waals surface area contributed by atoms with E-state index in [-0.39, 0.29) is 17.1 Å². The van der Waals surface area contributed by atoms with E-state index in [1.54, 1.807) is 12.1 Å². The minimum absolute atomic E-state index is 0.123. The summed E-state index contributed by atoms with van der Waals surface area (Å²) in [5, 5.41) is 5.38. The molecule has 0 saturated heterocycles. The zero-order chi connectivity index (χ0) is 18.5. The molecule has 0 radical (unpaired) electrons. The molecule has 3 rings (SSSR count). The summed E-state index contributed by atoms with van der Waals surface area (Å²) < 4.78 is 12.9. The van der Waals surface area contributed by atoms with Gasteiger partial charge in [0.15, 0.2) is 0 Å². The van der Waals surface area contributed by atoms with Gasteiger partial charge in [-0.3, -0.25) is 14.6 Å². The Balaban J connectivity index is 1.72. The van der Waals surface area contributed by atoms with E-state index in [0.29, 0.717) is 11.4 Å². The van der Waals surface area contributed by atoms with Crippen LogP contribution < -0.4 is 10.6 Å². The first kappa shape index (κ1) is 17.3. The van der Waals surface area contributed by atoms with Crippen molar-refractivity contribution in [2.24, 2.45) is 0 Å². The molecule has 3 aromatic rings. The van der Waals surface area contributed by atoms with Crippen LogP contribution in [0.25, 0.3) is 0 Å². The van der Waals surface area contributed by atoms with Gasteiger partial charge in [0.2, 0.25) is 0 Å². The summed E-state index contributed by atoms with van der Waals surface area (Å²) in [6.45, 7) is 1.95. The fourth-order valence-corrected chi connectivity index (χ4v) is 2.26. The zero-order valence-corrected chi connectivity index (χ0v) is 14.0. The highest BCUT2D eigenvalue weighted by atomic mass is 19.1. The monoisotopic (exact) mass is 349 g/mol. The molecule has 0 aliphatic rings. The molecule has 1 aromatic heterocycles. The van der Waals surface area contributed by atoms with Crippen LogP contribution >= 0.6 is 0 Å². The molecule has 6 heteroatoms. The number of amides is 2. The Labute approximate surface area is 149 Å². The fourth-order valence-electron chi connectivity index (χ4n) is 2.26. The van der Waals surface area contributed by atoms with E-state index in [9.17, 15) is 14.0 Å². The molecule has 130 valence electrons. The predicted octanol–water partition coefficient (Wildman–Crippen LogP) is 4.03. The molecule has 2 N–H and O–H groups in total. The second-order valence-electron chi connectivity index (χ2n) is 5.71. The second kappa shape index (κ2) is 7.57. The van der Waals surface area contributed by atoms with E-state index in [1.807, 2.05) is 19.1 Å². The Morgan fingerprint density at radius 3 is 2.08 bits per heavy atom. The summed E-state index contributed by atoms with van der Waals surface area (Å²) in [6.07, 6.45) is 1.39. The number of rotatable bonds is 4. The van der Waals surface area contributed by atoms with Crippen LogP contribution in [-0.4, -0.2) is 16.8 Å². The van der Waals surface area contributed by atoms with Crippen molar-refractivity contribution in [2.45, 2.75) is 6.92 Å². The maximum Gasteiger partial charge on any atom is 0.274 e. The molecule has 2 amide bonds. The van der Waals surface area contributed by atoms with Crippen molar-refractivity contribution >= 4 is 23.2 Å². The van der Waals surface area contributed by atoms with E-state index in [2.05, 4.69) is 15.6 Å². The van der Waals surface area contributed by atoms with Gasteiger partial charge in [-0.1, -0.05) is 17.7 Å². The number of aryl methyl sites for hydroxylation is 1. The third-order valence-corrected chi connectivity index (χ3v) is 3.67. The standard InChI is InChI=1S/C20H16FN3O2/c1-13-2-6-16(7-3-13)24-20(26)18-12-14(10-11-22-18)19(25)23-17-8-4-15(21)5-9-17/h2-12H,1H3,(H,23,25)(H,24,26). The highest BCUT2D eigenvalue weighted by Crippen LogP contribution is 2.13. The van der Waals surface area contributed by atoms with Gasteiger partial charge in [-0.2, -0.15) is 0 Å². The number of benzene rings is 2.